The van der Waals surface area contributed by atoms with Gasteiger partial charge < -0.3 is 0 Å². The Balaban J connectivity index is 0.000000149. The predicted octanol–water partition coefficient (Wildman–Crippen LogP) is 8.18. The Morgan fingerprint density at radius 3 is 2.33 bits per heavy atom. The molecule has 6 rings (SSSR count). The lowest BCUT2D eigenvalue weighted by Gasteiger charge is -2.18. The van der Waals surface area contributed by atoms with Crippen LogP contribution in [0.4, 0.5) is 0 Å². The number of hydrogen-bond acceptors (Lipinski definition) is 1. The second-order valence-corrected chi connectivity index (χ2v) is 8.93. The SMILES string of the molecule is Brc1cccc2c1ccc1c3c(ccc12)CCCC3.Cc1cc2ccccc2cn1. The van der Waals surface area contributed by atoms with E-state index in [9.17, 15) is 0 Å². The molecule has 4 aromatic carbocycles. The van der Waals surface area contributed by atoms with Gasteiger partial charge in [-0.25, -0.2) is 0 Å². The van der Waals surface area contributed by atoms with E-state index in [1.807, 2.05) is 25.3 Å². The second kappa shape index (κ2) is 8.20. The normalized spacial score (nSPS) is 13.1. The third-order valence-electron chi connectivity index (χ3n) is 6.10. The van der Waals surface area contributed by atoms with E-state index >= 15 is 0 Å². The van der Waals surface area contributed by atoms with Crippen molar-refractivity contribution in [3.8, 4) is 0 Å². The van der Waals surface area contributed by atoms with Crippen molar-refractivity contribution in [2.24, 2.45) is 0 Å². The zero-order valence-corrected chi connectivity index (χ0v) is 18.7. The molecule has 1 aliphatic carbocycles. The van der Waals surface area contributed by atoms with Gasteiger partial charge in [0.05, 0.1) is 0 Å². The van der Waals surface area contributed by atoms with Crippen LogP contribution in [0.25, 0.3) is 32.3 Å². The van der Waals surface area contributed by atoms with Crippen LogP contribution in [0.1, 0.15) is 29.7 Å². The molecular formula is C28H24BrN. The molecule has 1 nitrogen and oxygen atoms in total. The highest BCUT2D eigenvalue weighted by atomic mass is 79.9. The van der Waals surface area contributed by atoms with Crippen LogP contribution < -0.4 is 0 Å². The van der Waals surface area contributed by atoms with Gasteiger partial charge in [-0.3, -0.25) is 4.98 Å². The van der Waals surface area contributed by atoms with Crippen molar-refractivity contribution in [2.75, 3.05) is 0 Å². The maximum atomic E-state index is 4.21. The first kappa shape index (κ1) is 19.3. The minimum atomic E-state index is 1.07. The van der Waals surface area contributed by atoms with Crippen LogP contribution in [0.5, 0.6) is 0 Å². The number of nitrogens with zero attached hydrogens (tertiary/aromatic N) is 1. The number of aryl methyl sites for hydroxylation is 3. The highest BCUT2D eigenvalue weighted by Gasteiger charge is 2.13. The molecule has 5 aromatic rings. The average molecular weight is 454 g/mol. The molecule has 0 fully saturated rings. The first-order chi connectivity index (χ1) is 14.7. The molecule has 0 bridgehead atoms. The fraction of sp³-hybridized carbons (Fsp3) is 0.179. The van der Waals surface area contributed by atoms with Crippen LogP contribution in [0.2, 0.25) is 0 Å². The summed E-state index contributed by atoms with van der Waals surface area (Å²) in [4.78, 5) is 4.21. The molecule has 0 radical (unpaired) electrons. The Hall–Kier alpha value is -2.71. The molecule has 0 unspecified atom stereocenters. The van der Waals surface area contributed by atoms with Crippen LogP contribution >= 0.6 is 15.9 Å². The van der Waals surface area contributed by atoms with E-state index in [0.717, 1.165) is 5.69 Å². The summed E-state index contributed by atoms with van der Waals surface area (Å²) in [5, 5.41) is 8.01. The summed E-state index contributed by atoms with van der Waals surface area (Å²) in [5.41, 5.74) is 4.22. The summed E-state index contributed by atoms with van der Waals surface area (Å²) in [6, 6.07) is 26.0. The molecule has 30 heavy (non-hydrogen) atoms. The molecule has 0 spiro atoms. The minimum absolute atomic E-state index is 1.07. The van der Waals surface area contributed by atoms with Crippen LogP contribution in [0.15, 0.2) is 83.5 Å². The maximum absolute atomic E-state index is 4.21. The summed E-state index contributed by atoms with van der Waals surface area (Å²) in [5.74, 6) is 0. The van der Waals surface area contributed by atoms with Gasteiger partial charge in [0.25, 0.3) is 0 Å². The van der Waals surface area contributed by atoms with E-state index in [1.54, 1.807) is 11.1 Å². The summed E-state index contributed by atoms with van der Waals surface area (Å²) >= 11 is 3.66. The van der Waals surface area contributed by atoms with E-state index in [1.165, 1.54) is 62.5 Å². The van der Waals surface area contributed by atoms with E-state index in [-0.39, 0.29) is 0 Å². The Labute approximate surface area is 185 Å². The van der Waals surface area contributed by atoms with Gasteiger partial charge in [-0.1, -0.05) is 76.6 Å². The fourth-order valence-electron chi connectivity index (χ4n) is 4.58. The summed E-state index contributed by atoms with van der Waals surface area (Å²) in [7, 11) is 0. The zero-order chi connectivity index (χ0) is 20.5. The van der Waals surface area contributed by atoms with Crippen LogP contribution in [-0.2, 0) is 12.8 Å². The largest absolute Gasteiger partial charge is 0.261 e. The van der Waals surface area contributed by atoms with E-state index in [2.05, 4.69) is 81.6 Å². The molecule has 1 heterocycles. The quantitative estimate of drug-likeness (QED) is 0.215. The third kappa shape index (κ3) is 3.61. The number of fused-ring (bicyclic) bond motifs is 6. The smallest absolute Gasteiger partial charge is 0.0379 e. The molecule has 0 amide bonds. The molecule has 1 aromatic heterocycles. The number of pyridine rings is 1. The van der Waals surface area contributed by atoms with Crippen molar-refractivity contribution in [3.05, 3.63) is 100 Å². The topological polar surface area (TPSA) is 12.9 Å². The summed E-state index contributed by atoms with van der Waals surface area (Å²) in [6.07, 6.45) is 7.08. The fourth-order valence-corrected chi connectivity index (χ4v) is 5.08. The Morgan fingerprint density at radius 1 is 0.700 bits per heavy atom. The standard InChI is InChI=1S/C18H15Br.C10H9N/c19-18-7-3-6-14-16-9-8-12-4-1-2-5-13(12)15(16)10-11-17(14)18;1-8-6-9-4-2-3-5-10(9)7-11-8/h3,6-11H,1-2,4-5H2;2-7H,1H3. The monoisotopic (exact) mass is 453 g/mol. The van der Waals surface area contributed by atoms with Crippen molar-refractivity contribution < 1.29 is 0 Å². The highest BCUT2D eigenvalue weighted by Crippen LogP contribution is 2.35. The van der Waals surface area contributed by atoms with Crippen molar-refractivity contribution >= 4 is 48.2 Å². The van der Waals surface area contributed by atoms with Gasteiger partial charge in [-0.15, -0.1) is 0 Å². The van der Waals surface area contributed by atoms with Gasteiger partial charge in [0, 0.05) is 21.7 Å². The van der Waals surface area contributed by atoms with Gasteiger partial charge in [0.15, 0.2) is 0 Å². The summed E-state index contributed by atoms with van der Waals surface area (Å²) in [6.45, 7) is 2.01. The third-order valence-corrected chi connectivity index (χ3v) is 6.80. The molecule has 148 valence electrons. The second-order valence-electron chi connectivity index (χ2n) is 8.08. The van der Waals surface area contributed by atoms with Crippen molar-refractivity contribution in [2.45, 2.75) is 32.6 Å². The molecular weight excluding hydrogens is 430 g/mol. The van der Waals surface area contributed by atoms with Crippen molar-refractivity contribution in [1.82, 2.24) is 4.98 Å². The van der Waals surface area contributed by atoms with Gasteiger partial charge in [-0.2, -0.15) is 0 Å². The molecule has 0 saturated carbocycles. The molecule has 1 aliphatic rings. The van der Waals surface area contributed by atoms with Crippen LogP contribution in [0.3, 0.4) is 0 Å². The van der Waals surface area contributed by atoms with E-state index in [0.29, 0.717) is 0 Å². The van der Waals surface area contributed by atoms with Crippen molar-refractivity contribution in [1.29, 1.82) is 0 Å². The Morgan fingerprint density at radius 2 is 1.43 bits per heavy atom. The maximum Gasteiger partial charge on any atom is 0.0379 e. The number of aromatic nitrogens is 1. The number of benzene rings is 4. The lowest BCUT2D eigenvalue weighted by atomic mass is 9.86. The van der Waals surface area contributed by atoms with Gasteiger partial charge >= 0.3 is 0 Å². The highest BCUT2D eigenvalue weighted by molar-refractivity contribution is 9.10. The predicted molar refractivity (Wildman–Crippen MR) is 132 cm³/mol. The van der Waals surface area contributed by atoms with Gasteiger partial charge in [0.1, 0.15) is 0 Å². The lowest BCUT2D eigenvalue weighted by molar-refractivity contribution is 0.690. The van der Waals surface area contributed by atoms with E-state index in [4.69, 9.17) is 0 Å². The first-order valence-electron chi connectivity index (χ1n) is 10.6. The number of rotatable bonds is 0. The van der Waals surface area contributed by atoms with Crippen molar-refractivity contribution in [3.63, 3.8) is 0 Å². The number of halogens is 1. The Kier molecular flexibility index (Phi) is 5.26. The zero-order valence-electron chi connectivity index (χ0n) is 17.2. The van der Waals surface area contributed by atoms with Crippen LogP contribution in [0, 0.1) is 6.92 Å². The number of hydrogen-bond donors (Lipinski definition) is 0. The average Bonchev–Trinajstić information content (AvgIpc) is 2.79. The Bertz CT molecular complexity index is 1370. The lowest BCUT2D eigenvalue weighted by Crippen LogP contribution is -2.03. The van der Waals surface area contributed by atoms with E-state index < -0.39 is 0 Å². The van der Waals surface area contributed by atoms with Gasteiger partial charge in [-0.05, 0) is 82.8 Å². The van der Waals surface area contributed by atoms with Gasteiger partial charge in [0.2, 0.25) is 0 Å². The molecule has 0 saturated heterocycles. The molecule has 0 N–H and O–H groups in total. The minimum Gasteiger partial charge on any atom is -0.261 e. The molecule has 0 atom stereocenters. The molecule has 0 aliphatic heterocycles. The first-order valence-corrected chi connectivity index (χ1v) is 11.4. The molecule has 2 heteroatoms. The van der Waals surface area contributed by atoms with Crippen LogP contribution in [-0.4, -0.2) is 4.98 Å². The summed E-state index contributed by atoms with van der Waals surface area (Å²) < 4.78 is 1.18.